The number of nitrogens with one attached hydrogen (secondary N) is 2. The standard InChI is InChI=1S/C33H31F3N10/c1-20-23(6-5-7-27(20)45-11-10-39-19-45)30(26-17-46(44-43-26)32(8-9-32)33(34,35)36)42-25-13-21(14-37)12-24-28(41-18-31(2,3)4)22(15-38)16-40-29(24)25/h5-7,10-13,16-17,19,30,42H,8-9,18H2,1-4H3,(H,40,41)/t30-/m0/s1. The average Bonchev–Trinajstić information content (AvgIpc) is 3.41. The minimum absolute atomic E-state index is 0.0725. The predicted molar refractivity (Wildman–Crippen MR) is 166 cm³/mol. The van der Waals surface area contributed by atoms with Crippen molar-refractivity contribution >= 4 is 22.3 Å². The second-order valence-corrected chi connectivity index (χ2v) is 12.8. The molecular formula is C33H31F3N10. The van der Waals surface area contributed by atoms with Crippen molar-refractivity contribution in [1.29, 1.82) is 10.5 Å². The first kappa shape index (κ1) is 30.6. The van der Waals surface area contributed by atoms with E-state index in [1.165, 1.54) is 12.4 Å². The van der Waals surface area contributed by atoms with E-state index in [1.807, 2.05) is 29.7 Å². The van der Waals surface area contributed by atoms with Crippen LogP contribution in [0.25, 0.3) is 16.6 Å². The van der Waals surface area contributed by atoms with Gasteiger partial charge in [0.05, 0.1) is 52.7 Å². The van der Waals surface area contributed by atoms with Crippen LogP contribution in [0.4, 0.5) is 24.5 Å². The van der Waals surface area contributed by atoms with Crippen LogP contribution in [-0.4, -0.2) is 42.2 Å². The summed E-state index contributed by atoms with van der Waals surface area (Å²) in [5.41, 5.74) is 2.56. The summed E-state index contributed by atoms with van der Waals surface area (Å²) < 4.78 is 44.9. The molecule has 10 nitrogen and oxygen atoms in total. The molecule has 1 aliphatic carbocycles. The Morgan fingerprint density at radius 2 is 1.89 bits per heavy atom. The summed E-state index contributed by atoms with van der Waals surface area (Å²) in [6.45, 7) is 8.65. The van der Waals surface area contributed by atoms with Gasteiger partial charge in [0.25, 0.3) is 0 Å². The molecule has 1 atom stereocenters. The molecule has 3 heterocycles. The van der Waals surface area contributed by atoms with Gasteiger partial charge in [-0.2, -0.15) is 23.7 Å². The maximum atomic E-state index is 14.0. The first-order valence-corrected chi connectivity index (χ1v) is 14.7. The highest BCUT2D eigenvalue weighted by atomic mass is 19.4. The number of halogens is 3. The Bertz CT molecular complexity index is 2000. The monoisotopic (exact) mass is 624 g/mol. The van der Waals surface area contributed by atoms with Crippen molar-refractivity contribution in [3.63, 3.8) is 0 Å². The predicted octanol–water partition coefficient (Wildman–Crippen LogP) is 6.77. The van der Waals surface area contributed by atoms with E-state index in [9.17, 15) is 23.7 Å². The van der Waals surface area contributed by atoms with Crippen LogP contribution in [0, 0.1) is 35.0 Å². The van der Waals surface area contributed by atoms with Crippen LogP contribution in [0.1, 0.15) is 67.6 Å². The summed E-state index contributed by atoms with van der Waals surface area (Å²) in [6, 6.07) is 12.5. The van der Waals surface area contributed by atoms with Crippen molar-refractivity contribution in [2.45, 2.75) is 58.3 Å². The maximum absolute atomic E-state index is 14.0. The molecule has 234 valence electrons. The van der Waals surface area contributed by atoms with Crippen molar-refractivity contribution in [2.24, 2.45) is 5.41 Å². The summed E-state index contributed by atoms with van der Waals surface area (Å²) in [6.07, 6.45) is 3.32. The maximum Gasteiger partial charge on any atom is 0.413 e. The van der Waals surface area contributed by atoms with E-state index < -0.39 is 17.8 Å². The topological polar surface area (TPSA) is 133 Å². The number of imidazole rings is 1. The molecule has 1 saturated carbocycles. The highest BCUT2D eigenvalue weighted by Gasteiger charge is 2.66. The Morgan fingerprint density at radius 1 is 1.11 bits per heavy atom. The van der Waals surface area contributed by atoms with Crippen LogP contribution >= 0.6 is 0 Å². The van der Waals surface area contributed by atoms with E-state index in [-0.39, 0.29) is 24.0 Å². The minimum atomic E-state index is -4.48. The molecule has 0 unspecified atom stereocenters. The molecule has 0 aliphatic heterocycles. The fourth-order valence-corrected chi connectivity index (χ4v) is 5.59. The average molecular weight is 625 g/mol. The minimum Gasteiger partial charge on any atom is -0.383 e. The van der Waals surface area contributed by atoms with E-state index in [4.69, 9.17) is 0 Å². The van der Waals surface area contributed by atoms with Gasteiger partial charge in [0.1, 0.15) is 11.8 Å². The van der Waals surface area contributed by atoms with Crippen molar-refractivity contribution in [3.05, 3.63) is 89.4 Å². The number of aromatic nitrogens is 6. The number of pyridine rings is 1. The number of nitrogens with zero attached hydrogens (tertiary/aromatic N) is 8. The lowest BCUT2D eigenvalue weighted by Gasteiger charge is -2.24. The van der Waals surface area contributed by atoms with Gasteiger partial charge in [-0.25, -0.2) is 9.67 Å². The van der Waals surface area contributed by atoms with Crippen molar-refractivity contribution in [1.82, 2.24) is 29.5 Å². The molecule has 0 spiro atoms. The second kappa shape index (κ2) is 11.2. The molecule has 46 heavy (non-hydrogen) atoms. The molecule has 1 fully saturated rings. The quantitative estimate of drug-likeness (QED) is 0.193. The molecule has 0 radical (unpaired) electrons. The molecule has 6 rings (SSSR count). The van der Waals surface area contributed by atoms with Crippen LogP contribution in [0.2, 0.25) is 0 Å². The molecule has 3 aromatic heterocycles. The van der Waals surface area contributed by atoms with Gasteiger partial charge < -0.3 is 15.2 Å². The van der Waals surface area contributed by atoms with Gasteiger partial charge in [-0.1, -0.05) is 38.1 Å². The van der Waals surface area contributed by atoms with Crippen LogP contribution in [-0.2, 0) is 5.54 Å². The highest BCUT2D eigenvalue weighted by molar-refractivity contribution is 6.01. The van der Waals surface area contributed by atoms with E-state index in [1.54, 1.807) is 30.9 Å². The molecule has 0 saturated heterocycles. The van der Waals surface area contributed by atoms with Crippen LogP contribution in [0.15, 0.2) is 61.4 Å². The number of alkyl halides is 3. The number of hydrogen-bond donors (Lipinski definition) is 2. The number of hydrogen-bond acceptors (Lipinski definition) is 8. The normalized spacial score (nSPS) is 14.8. The summed E-state index contributed by atoms with van der Waals surface area (Å²) >= 11 is 0. The van der Waals surface area contributed by atoms with E-state index in [2.05, 4.69) is 63.8 Å². The summed E-state index contributed by atoms with van der Waals surface area (Å²) in [7, 11) is 0. The van der Waals surface area contributed by atoms with Crippen LogP contribution in [0.3, 0.4) is 0 Å². The molecule has 13 heteroatoms. The SMILES string of the molecule is Cc1c([C@H](Nc2cc(C#N)cc3c(NCC(C)(C)C)c(C#N)cnc23)c2cn(C3(C(F)(F)F)CC3)nn2)cccc1-n1ccnc1. The zero-order valence-electron chi connectivity index (χ0n) is 25.7. The van der Waals surface area contributed by atoms with E-state index in [0.29, 0.717) is 39.9 Å². The molecule has 2 N–H and O–H groups in total. The first-order valence-electron chi connectivity index (χ1n) is 14.7. The van der Waals surface area contributed by atoms with Crippen LogP contribution < -0.4 is 10.6 Å². The number of nitriles is 2. The van der Waals surface area contributed by atoms with Gasteiger partial charge in [-0.05, 0) is 54.5 Å². The Kier molecular flexibility index (Phi) is 7.43. The lowest BCUT2D eigenvalue weighted by molar-refractivity contribution is -0.182. The zero-order valence-corrected chi connectivity index (χ0v) is 25.7. The first-order chi connectivity index (χ1) is 21.8. The number of rotatable bonds is 8. The summed E-state index contributed by atoms with van der Waals surface area (Å²) in [4.78, 5) is 8.76. The van der Waals surface area contributed by atoms with Gasteiger partial charge in [-0.15, -0.1) is 5.10 Å². The Balaban J connectivity index is 1.52. The lowest BCUT2D eigenvalue weighted by atomic mass is 9.95. The highest BCUT2D eigenvalue weighted by Crippen LogP contribution is 2.55. The number of anilines is 2. The Morgan fingerprint density at radius 3 is 2.52 bits per heavy atom. The number of benzene rings is 2. The molecule has 5 aromatic rings. The van der Waals surface area contributed by atoms with Crippen LogP contribution in [0.5, 0.6) is 0 Å². The fourth-order valence-electron chi connectivity index (χ4n) is 5.59. The smallest absolute Gasteiger partial charge is 0.383 e. The number of fused-ring (bicyclic) bond motifs is 1. The third-order valence-corrected chi connectivity index (χ3v) is 8.25. The second-order valence-electron chi connectivity index (χ2n) is 12.8. The van der Waals surface area contributed by atoms with Gasteiger partial charge in [0, 0.05) is 36.2 Å². The largest absolute Gasteiger partial charge is 0.413 e. The van der Waals surface area contributed by atoms with Gasteiger partial charge >= 0.3 is 6.18 Å². The summed E-state index contributed by atoms with van der Waals surface area (Å²) in [5, 5.41) is 35.5. The van der Waals surface area contributed by atoms with Crippen molar-refractivity contribution in [2.75, 3.05) is 17.2 Å². The third kappa shape index (κ3) is 5.49. The molecular weight excluding hydrogens is 593 g/mol. The summed E-state index contributed by atoms with van der Waals surface area (Å²) in [5.74, 6) is 0. The zero-order chi connectivity index (χ0) is 32.9. The van der Waals surface area contributed by atoms with E-state index in [0.717, 1.165) is 21.5 Å². The van der Waals surface area contributed by atoms with E-state index >= 15 is 0 Å². The molecule has 1 aliphatic rings. The van der Waals surface area contributed by atoms with Gasteiger partial charge in [0.15, 0.2) is 5.54 Å². The van der Waals surface area contributed by atoms with Crippen molar-refractivity contribution < 1.29 is 13.2 Å². The lowest BCUT2D eigenvalue weighted by Crippen LogP contribution is -2.35. The third-order valence-electron chi connectivity index (χ3n) is 8.25. The molecule has 0 bridgehead atoms. The van der Waals surface area contributed by atoms with Gasteiger partial charge in [-0.3, -0.25) is 4.98 Å². The Hall–Kier alpha value is -5.43. The molecule has 2 aromatic carbocycles. The van der Waals surface area contributed by atoms with Gasteiger partial charge in [0.2, 0.25) is 0 Å². The Labute approximate surface area is 263 Å². The fraction of sp³-hybridized carbons (Fsp3) is 0.333. The van der Waals surface area contributed by atoms with Crippen molar-refractivity contribution in [3.8, 4) is 17.8 Å². The molecule has 0 amide bonds.